The van der Waals surface area contributed by atoms with Gasteiger partial charge in [0.2, 0.25) is 5.88 Å². The van der Waals surface area contributed by atoms with E-state index < -0.39 is 12.1 Å². The molecule has 1 spiro atoms. The molecule has 2 atom stereocenters. The first-order chi connectivity index (χ1) is 15.6. The number of carboxylic acid groups (broad SMARTS) is 1. The van der Waals surface area contributed by atoms with Crippen LogP contribution in [0.2, 0.25) is 0 Å². The minimum atomic E-state index is -5.08. The van der Waals surface area contributed by atoms with E-state index >= 15 is 0 Å². The third kappa shape index (κ3) is 7.10. The number of alkyl halides is 3. The van der Waals surface area contributed by atoms with Crippen molar-refractivity contribution in [3.05, 3.63) is 40.0 Å². The molecule has 2 aliphatic heterocycles. The first-order valence-corrected chi connectivity index (χ1v) is 11.1. The standard InChI is InChI=1S/C19H25N3O3S.C2HF3O2/c1-14-21-16(12-26-14)10-24-17-8-19(25-11-17)5-7-22(13-19)9-15-4-3-6-20-18(15)23-2;3-2(4,5)1(6)7/h3-4,6,12,17H,5,7-11,13H2,1-2H3;(H,6,7). The summed E-state index contributed by atoms with van der Waals surface area (Å²) in [4.78, 5) is 20.1. The highest BCUT2D eigenvalue weighted by atomic mass is 32.1. The molecule has 4 rings (SSSR count). The van der Waals surface area contributed by atoms with E-state index in [0.29, 0.717) is 19.1 Å². The fourth-order valence-corrected chi connectivity index (χ4v) is 4.50. The highest BCUT2D eigenvalue weighted by Crippen LogP contribution is 2.37. The highest BCUT2D eigenvalue weighted by Gasteiger charge is 2.46. The third-order valence-corrected chi connectivity index (χ3v) is 6.21. The van der Waals surface area contributed by atoms with E-state index in [1.165, 1.54) is 0 Å². The number of rotatable bonds is 6. The molecule has 0 saturated carbocycles. The molecule has 12 heteroatoms. The first kappa shape index (κ1) is 25.3. The van der Waals surface area contributed by atoms with Gasteiger partial charge in [0.05, 0.1) is 42.7 Å². The maximum atomic E-state index is 10.6. The van der Waals surface area contributed by atoms with Crippen LogP contribution in [-0.4, -0.2) is 70.6 Å². The van der Waals surface area contributed by atoms with Gasteiger partial charge < -0.3 is 19.3 Å². The zero-order chi connectivity index (χ0) is 24.1. The molecule has 0 aromatic carbocycles. The summed E-state index contributed by atoms with van der Waals surface area (Å²) >= 11 is 1.67. The van der Waals surface area contributed by atoms with Crippen molar-refractivity contribution in [2.24, 2.45) is 0 Å². The zero-order valence-electron chi connectivity index (χ0n) is 18.3. The van der Waals surface area contributed by atoms with Crippen LogP contribution in [0.1, 0.15) is 29.1 Å². The molecule has 2 unspecified atom stereocenters. The van der Waals surface area contributed by atoms with Gasteiger partial charge in [0.25, 0.3) is 0 Å². The summed E-state index contributed by atoms with van der Waals surface area (Å²) in [6, 6.07) is 4.04. The number of aliphatic carboxylic acids is 1. The molecule has 33 heavy (non-hydrogen) atoms. The zero-order valence-corrected chi connectivity index (χ0v) is 19.1. The van der Waals surface area contributed by atoms with Crippen LogP contribution in [0.15, 0.2) is 23.7 Å². The molecule has 0 radical (unpaired) electrons. The molecule has 0 aliphatic carbocycles. The number of methoxy groups -OCH3 is 1. The first-order valence-electron chi connectivity index (χ1n) is 10.3. The normalized spacial score (nSPS) is 22.9. The van der Waals surface area contributed by atoms with E-state index in [1.54, 1.807) is 24.6 Å². The Morgan fingerprint density at radius 2 is 2.21 bits per heavy atom. The van der Waals surface area contributed by atoms with Crippen molar-refractivity contribution in [1.82, 2.24) is 14.9 Å². The van der Waals surface area contributed by atoms with Gasteiger partial charge in [0.1, 0.15) is 0 Å². The van der Waals surface area contributed by atoms with Crippen LogP contribution in [0.5, 0.6) is 5.88 Å². The van der Waals surface area contributed by atoms with Crippen LogP contribution in [0.4, 0.5) is 13.2 Å². The summed E-state index contributed by atoms with van der Waals surface area (Å²) in [5, 5.41) is 10.3. The van der Waals surface area contributed by atoms with Crippen molar-refractivity contribution in [3.8, 4) is 5.88 Å². The Balaban J connectivity index is 0.000000383. The number of halogens is 3. The van der Waals surface area contributed by atoms with Crippen molar-refractivity contribution in [1.29, 1.82) is 0 Å². The molecule has 2 saturated heterocycles. The summed E-state index contributed by atoms with van der Waals surface area (Å²) in [6.07, 6.45) is -1.16. The molecule has 2 fully saturated rings. The second-order valence-electron chi connectivity index (χ2n) is 7.92. The van der Waals surface area contributed by atoms with Crippen molar-refractivity contribution in [2.45, 2.75) is 50.8 Å². The van der Waals surface area contributed by atoms with Crippen LogP contribution in [0.3, 0.4) is 0 Å². The topological polar surface area (TPSA) is 94.0 Å². The SMILES string of the molecule is COc1ncccc1CN1CCC2(CC(OCc3csc(C)n3)CO2)C1.O=C(O)C(F)(F)F. The predicted octanol–water partition coefficient (Wildman–Crippen LogP) is 3.44. The average Bonchev–Trinajstić information content (AvgIpc) is 3.48. The molecule has 0 bridgehead atoms. The van der Waals surface area contributed by atoms with Gasteiger partial charge in [0, 0.05) is 43.2 Å². The van der Waals surface area contributed by atoms with Crippen molar-refractivity contribution in [3.63, 3.8) is 0 Å². The van der Waals surface area contributed by atoms with Gasteiger partial charge in [-0.15, -0.1) is 11.3 Å². The lowest BCUT2D eigenvalue weighted by molar-refractivity contribution is -0.192. The van der Waals surface area contributed by atoms with Gasteiger partial charge in [-0.05, 0) is 19.4 Å². The number of aryl methyl sites for hydroxylation is 1. The minimum absolute atomic E-state index is 0.0713. The number of pyridine rings is 1. The Kier molecular flexibility index (Phi) is 8.27. The van der Waals surface area contributed by atoms with E-state index in [4.69, 9.17) is 24.1 Å². The number of nitrogens with zero attached hydrogens (tertiary/aromatic N) is 3. The molecule has 0 amide bonds. The molecule has 182 valence electrons. The summed E-state index contributed by atoms with van der Waals surface area (Å²) in [5.41, 5.74) is 2.07. The number of ether oxygens (including phenoxy) is 3. The van der Waals surface area contributed by atoms with Gasteiger partial charge in [-0.1, -0.05) is 6.07 Å². The van der Waals surface area contributed by atoms with Crippen LogP contribution in [-0.2, 0) is 27.4 Å². The lowest BCUT2D eigenvalue weighted by Gasteiger charge is -2.23. The smallest absolute Gasteiger partial charge is 0.481 e. The van der Waals surface area contributed by atoms with Gasteiger partial charge in [-0.25, -0.2) is 14.8 Å². The van der Waals surface area contributed by atoms with Crippen LogP contribution >= 0.6 is 11.3 Å². The number of carbonyl (C=O) groups is 1. The van der Waals surface area contributed by atoms with Crippen LogP contribution < -0.4 is 4.74 Å². The monoisotopic (exact) mass is 489 g/mol. The van der Waals surface area contributed by atoms with Gasteiger partial charge in [0.15, 0.2) is 0 Å². The Morgan fingerprint density at radius 1 is 1.45 bits per heavy atom. The number of hydrogen-bond acceptors (Lipinski definition) is 8. The number of carboxylic acids is 1. The molecule has 2 aromatic rings. The fraction of sp³-hybridized carbons (Fsp3) is 0.571. The van der Waals surface area contributed by atoms with E-state index in [2.05, 4.69) is 26.3 Å². The van der Waals surface area contributed by atoms with Crippen molar-refractivity contribution >= 4 is 17.3 Å². The molecule has 2 aliphatic rings. The molecule has 8 nitrogen and oxygen atoms in total. The lowest BCUT2D eigenvalue weighted by Crippen LogP contribution is -2.33. The Bertz CT molecular complexity index is 942. The molecule has 2 aromatic heterocycles. The van der Waals surface area contributed by atoms with Gasteiger partial charge in [-0.2, -0.15) is 13.2 Å². The highest BCUT2D eigenvalue weighted by molar-refractivity contribution is 7.09. The van der Waals surface area contributed by atoms with Gasteiger partial charge >= 0.3 is 12.1 Å². The van der Waals surface area contributed by atoms with E-state index in [-0.39, 0.29) is 11.7 Å². The summed E-state index contributed by atoms with van der Waals surface area (Å²) in [7, 11) is 1.67. The predicted molar refractivity (Wildman–Crippen MR) is 113 cm³/mol. The summed E-state index contributed by atoms with van der Waals surface area (Å²) in [5.74, 6) is -2.05. The maximum Gasteiger partial charge on any atom is 0.490 e. The summed E-state index contributed by atoms with van der Waals surface area (Å²) in [6.45, 7) is 6.06. The molecular formula is C21H26F3N3O5S. The second kappa shape index (κ2) is 10.8. The Hall–Kier alpha value is -2.28. The Morgan fingerprint density at radius 3 is 2.85 bits per heavy atom. The minimum Gasteiger partial charge on any atom is -0.481 e. The summed E-state index contributed by atoms with van der Waals surface area (Å²) < 4.78 is 49.4. The largest absolute Gasteiger partial charge is 0.490 e. The number of likely N-dealkylation sites (tertiary alicyclic amines) is 1. The number of thiazole rings is 1. The van der Waals surface area contributed by atoms with E-state index in [1.807, 2.05) is 13.0 Å². The lowest BCUT2D eigenvalue weighted by atomic mass is 9.98. The molecular weight excluding hydrogens is 463 g/mol. The average molecular weight is 490 g/mol. The Labute approximate surface area is 193 Å². The van der Waals surface area contributed by atoms with Crippen molar-refractivity contribution in [2.75, 3.05) is 26.8 Å². The number of hydrogen-bond donors (Lipinski definition) is 1. The van der Waals surface area contributed by atoms with Crippen LogP contribution in [0, 0.1) is 6.92 Å². The van der Waals surface area contributed by atoms with Gasteiger partial charge in [-0.3, -0.25) is 4.90 Å². The van der Waals surface area contributed by atoms with E-state index in [0.717, 1.165) is 48.7 Å². The second-order valence-corrected chi connectivity index (χ2v) is 8.99. The maximum absolute atomic E-state index is 10.6. The fourth-order valence-electron chi connectivity index (χ4n) is 3.90. The van der Waals surface area contributed by atoms with Crippen molar-refractivity contribution < 1.29 is 37.3 Å². The number of aromatic nitrogens is 2. The molecule has 4 heterocycles. The quantitative estimate of drug-likeness (QED) is 0.660. The van der Waals surface area contributed by atoms with E-state index in [9.17, 15) is 13.2 Å². The third-order valence-electron chi connectivity index (χ3n) is 5.38. The molecule has 1 N–H and O–H groups in total. The van der Waals surface area contributed by atoms with Crippen LogP contribution in [0.25, 0.3) is 0 Å².